The van der Waals surface area contributed by atoms with Gasteiger partial charge >= 0.3 is 6.18 Å². The smallest absolute Gasteiger partial charge is 0.341 e. The number of unbranched alkanes of at least 4 members (excludes halogenated alkanes) is 1. The Morgan fingerprint density at radius 1 is 1.16 bits per heavy atom. The maximum atomic E-state index is 13.2. The van der Waals surface area contributed by atoms with E-state index in [1.807, 2.05) is 16.7 Å². The van der Waals surface area contributed by atoms with Crippen molar-refractivity contribution >= 4 is 28.6 Å². The van der Waals surface area contributed by atoms with Crippen molar-refractivity contribution in [3.63, 3.8) is 0 Å². The summed E-state index contributed by atoms with van der Waals surface area (Å²) in [5.74, 6) is 1.42. The van der Waals surface area contributed by atoms with E-state index in [1.54, 1.807) is 0 Å². The van der Waals surface area contributed by atoms with Crippen molar-refractivity contribution in [3.05, 3.63) is 47.9 Å². The number of aromatic nitrogens is 3. The van der Waals surface area contributed by atoms with E-state index in [1.165, 1.54) is 29.5 Å². The van der Waals surface area contributed by atoms with Crippen LogP contribution in [0.25, 0.3) is 10.9 Å². The minimum absolute atomic E-state index is 0.0965. The van der Waals surface area contributed by atoms with Gasteiger partial charge in [0.1, 0.15) is 5.69 Å². The molecule has 4 rings (SSSR count). The van der Waals surface area contributed by atoms with Crippen LogP contribution in [0.1, 0.15) is 51.0 Å². The lowest BCUT2D eigenvalue weighted by Gasteiger charge is -2.39. The molecule has 0 spiro atoms. The van der Waals surface area contributed by atoms with Gasteiger partial charge < -0.3 is 9.47 Å². The Balaban J connectivity index is 1.72. The fraction of sp³-hybridized carbons (Fsp3) is 0.478. The molecule has 31 heavy (non-hydrogen) atoms. The summed E-state index contributed by atoms with van der Waals surface area (Å²) in [6.45, 7) is 7.62. The molecule has 0 aliphatic carbocycles. The minimum atomic E-state index is -4.48. The molecular weight excluding hydrogens is 421 g/mol. The van der Waals surface area contributed by atoms with E-state index >= 15 is 0 Å². The normalized spacial score (nSPS) is 16.9. The van der Waals surface area contributed by atoms with Crippen molar-refractivity contribution in [2.75, 3.05) is 17.2 Å². The molecule has 1 atom stereocenters. The topological polar surface area (TPSA) is 34.0 Å². The first kappa shape index (κ1) is 22.0. The number of hydrogen-bond donors (Lipinski definition) is 0. The van der Waals surface area contributed by atoms with Crippen LogP contribution in [-0.2, 0) is 12.7 Å². The lowest BCUT2D eigenvalue weighted by molar-refractivity contribution is -0.141. The first-order valence-electron chi connectivity index (χ1n) is 10.7. The van der Waals surface area contributed by atoms with Gasteiger partial charge in [0.15, 0.2) is 0 Å². The van der Waals surface area contributed by atoms with Crippen LogP contribution >= 0.6 is 11.8 Å². The maximum Gasteiger partial charge on any atom is 0.433 e. The van der Waals surface area contributed by atoms with Gasteiger partial charge in [0, 0.05) is 40.8 Å². The number of fused-ring (bicyclic) bond motifs is 3. The molecule has 0 saturated carbocycles. The highest BCUT2D eigenvalue weighted by molar-refractivity contribution is 7.99. The molecule has 1 aromatic carbocycles. The number of nitrogens with zero attached hydrogens (tertiary/aromatic N) is 4. The van der Waals surface area contributed by atoms with Crippen molar-refractivity contribution in [2.45, 2.75) is 57.3 Å². The Hall–Kier alpha value is -2.22. The van der Waals surface area contributed by atoms with Gasteiger partial charge in [-0.05, 0) is 42.4 Å². The average molecular weight is 449 g/mol. The molecule has 2 aromatic heterocycles. The first-order chi connectivity index (χ1) is 14.8. The van der Waals surface area contributed by atoms with Crippen molar-refractivity contribution < 1.29 is 13.2 Å². The van der Waals surface area contributed by atoms with E-state index in [2.05, 4.69) is 59.6 Å². The van der Waals surface area contributed by atoms with Crippen molar-refractivity contribution in [2.24, 2.45) is 5.92 Å². The minimum Gasteiger partial charge on any atom is -0.341 e. The Morgan fingerprint density at radius 2 is 1.97 bits per heavy atom. The maximum absolute atomic E-state index is 13.2. The van der Waals surface area contributed by atoms with Crippen LogP contribution < -0.4 is 4.90 Å². The zero-order valence-corrected chi connectivity index (χ0v) is 18.8. The van der Waals surface area contributed by atoms with Crippen LogP contribution in [0, 0.1) is 5.92 Å². The second-order valence-electron chi connectivity index (χ2n) is 8.27. The quantitative estimate of drug-likeness (QED) is 0.316. The largest absolute Gasteiger partial charge is 0.433 e. The second-order valence-corrected chi connectivity index (χ2v) is 9.43. The molecule has 0 fully saturated rings. The average Bonchev–Trinajstić information content (AvgIpc) is 3.10. The molecule has 3 heterocycles. The highest BCUT2D eigenvalue weighted by atomic mass is 32.2. The summed E-state index contributed by atoms with van der Waals surface area (Å²) in [4.78, 5) is 11.2. The second kappa shape index (κ2) is 8.73. The number of alkyl halides is 3. The van der Waals surface area contributed by atoms with Crippen LogP contribution in [0.15, 0.2) is 41.4 Å². The van der Waals surface area contributed by atoms with Crippen LogP contribution in [0.2, 0.25) is 0 Å². The van der Waals surface area contributed by atoms with E-state index < -0.39 is 11.9 Å². The van der Waals surface area contributed by atoms with Crippen LogP contribution in [0.5, 0.6) is 0 Å². The predicted octanol–water partition coefficient (Wildman–Crippen LogP) is 6.56. The van der Waals surface area contributed by atoms with E-state index in [9.17, 15) is 13.2 Å². The number of rotatable bonds is 6. The van der Waals surface area contributed by atoms with Gasteiger partial charge in [-0.3, -0.25) is 0 Å². The van der Waals surface area contributed by atoms with Crippen LogP contribution in [-0.4, -0.2) is 26.8 Å². The summed E-state index contributed by atoms with van der Waals surface area (Å²) in [6.07, 6.45) is -0.913. The van der Waals surface area contributed by atoms with Gasteiger partial charge in [-0.1, -0.05) is 33.3 Å². The molecule has 3 aromatic rings. The number of thioether (sulfide) groups is 1. The van der Waals surface area contributed by atoms with Crippen LogP contribution in [0.4, 0.5) is 19.1 Å². The number of anilines is 1. The van der Waals surface area contributed by atoms with Gasteiger partial charge in [0.25, 0.3) is 0 Å². The lowest BCUT2D eigenvalue weighted by Crippen LogP contribution is -2.41. The Morgan fingerprint density at radius 3 is 2.68 bits per heavy atom. The molecule has 166 valence electrons. The Labute approximate surface area is 184 Å². The molecule has 8 heteroatoms. The van der Waals surface area contributed by atoms with Crippen molar-refractivity contribution in [3.8, 4) is 0 Å². The number of benzene rings is 1. The lowest BCUT2D eigenvalue weighted by atomic mass is 9.97. The molecule has 4 nitrogen and oxygen atoms in total. The molecule has 0 radical (unpaired) electrons. The molecule has 1 unspecified atom stereocenters. The SMILES string of the molecule is CCCCSc1ccc2cc3n(c2c1)CCN(c1nccc(C(F)(F)F)n1)C3C(C)C. The van der Waals surface area contributed by atoms with E-state index in [4.69, 9.17) is 0 Å². The molecule has 0 bridgehead atoms. The molecule has 0 N–H and O–H groups in total. The first-order valence-corrected chi connectivity index (χ1v) is 11.7. The van der Waals surface area contributed by atoms with Crippen LogP contribution in [0.3, 0.4) is 0 Å². The van der Waals surface area contributed by atoms with Gasteiger partial charge in [-0.25, -0.2) is 9.97 Å². The summed E-state index contributed by atoms with van der Waals surface area (Å²) in [5, 5.41) is 1.16. The molecular formula is C23H27F3N4S. The van der Waals surface area contributed by atoms with E-state index in [0.717, 1.165) is 22.9 Å². The number of hydrogen-bond acceptors (Lipinski definition) is 4. The van der Waals surface area contributed by atoms with Gasteiger partial charge in [-0.15, -0.1) is 11.8 Å². The third-order valence-electron chi connectivity index (χ3n) is 5.70. The zero-order chi connectivity index (χ0) is 22.2. The van der Waals surface area contributed by atoms with Gasteiger partial charge in [0.05, 0.1) is 6.04 Å². The van der Waals surface area contributed by atoms with E-state index in [0.29, 0.717) is 13.1 Å². The standard InChI is InChI=1S/C23H27F3N4S/c1-4-5-12-31-17-7-6-16-13-19-21(15(2)3)30(11-10-29(19)18(16)14-17)22-27-9-8-20(28-22)23(24,25)26/h6-9,13-15,21H,4-5,10-12H2,1-3H3. The van der Waals surface area contributed by atoms with Crippen molar-refractivity contribution in [1.82, 2.24) is 14.5 Å². The van der Waals surface area contributed by atoms with Gasteiger partial charge in [-0.2, -0.15) is 13.2 Å². The van der Waals surface area contributed by atoms with Crippen molar-refractivity contribution in [1.29, 1.82) is 0 Å². The zero-order valence-electron chi connectivity index (χ0n) is 18.0. The fourth-order valence-corrected chi connectivity index (χ4v) is 5.28. The summed E-state index contributed by atoms with van der Waals surface area (Å²) < 4.78 is 41.9. The Kier molecular flexibility index (Phi) is 6.19. The van der Waals surface area contributed by atoms with E-state index in [-0.39, 0.29) is 17.9 Å². The number of halogens is 3. The summed E-state index contributed by atoms with van der Waals surface area (Å²) in [7, 11) is 0. The molecule has 1 aliphatic rings. The Bertz CT molecular complexity index is 1060. The highest BCUT2D eigenvalue weighted by Gasteiger charge is 2.36. The third-order valence-corrected chi connectivity index (χ3v) is 6.78. The monoisotopic (exact) mass is 448 g/mol. The predicted molar refractivity (Wildman–Crippen MR) is 120 cm³/mol. The summed E-state index contributed by atoms with van der Waals surface area (Å²) in [5.41, 5.74) is 1.39. The molecule has 1 aliphatic heterocycles. The third kappa shape index (κ3) is 4.40. The fourth-order valence-electron chi connectivity index (χ4n) is 4.25. The highest BCUT2D eigenvalue weighted by Crippen LogP contribution is 2.39. The summed E-state index contributed by atoms with van der Waals surface area (Å²) >= 11 is 1.87. The molecule has 0 saturated heterocycles. The molecule has 0 amide bonds. The summed E-state index contributed by atoms with van der Waals surface area (Å²) in [6, 6.07) is 9.55. The van der Waals surface area contributed by atoms with Gasteiger partial charge in [0.2, 0.25) is 5.95 Å².